The largest absolute Gasteiger partial charge is 0.382 e. The van der Waals surface area contributed by atoms with E-state index in [0.717, 1.165) is 6.26 Å². The molecular formula is C25H29N9O5S. The number of fused-ring (bicyclic) bond motifs is 1. The van der Waals surface area contributed by atoms with Crippen molar-refractivity contribution in [3.63, 3.8) is 0 Å². The molecule has 14 nitrogen and oxygen atoms in total. The predicted molar refractivity (Wildman–Crippen MR) is 144 cm³/mol. The van der Waals surface area contributed by atoms with Gasteiger partial charge in [0.25, 0.3) is 5.91 Å². The van der Waals surface area contributed by atoms with E-state index in [2.05, 4.69) is 25.3 Å². The maximum absolute atomic E-state index is 12.9. The van der Waals surface area contributed by atoms with E-state index in [1.54, 1.807) is 43.7 Å². The number of amides is 1. The molecule has 0 saturated carbocycles. The quantitative estimate of drug-likeness (QED) is 0.262. The highest BCUT2D eigenvalue weighted by molar-refractivity contribution is 7.91. The first kappa shape index (κ1) is 27.4. The van der Waals surface area contributed by atoms with E-state index >= 15 is 0 Å². The van der Waals surface area contributed by atoms with Gasteiger partial charge in [0.1, 0.15) is 17.0 Å². The monoisotopic (exact) mass is 567 g/mol. The molecule has 0 unspecified atom stereocenters. The van der Waals surface area contributed by atoms with Gasteiger partial charge in [-0.3, -0.25) is 9.78 Å². The zero-order valence-electron chi connectivity index (χ0n) is 22.1. The smallest absolute Gasteiger partial charge is 0.295 e. The summed E-state index contributed by atoms with van der Waals surface area (Å²) in [5, 5.41) is 22.3. The summed E-state index contributed by atoms with van der Waals surface area (Å²) < 4.78 is 32.0. The topological polar surface area (TPSA) is 195 Å². The second-order valence-corrected chi connectivity index (χ2v) is 11.7. The van der Waals surface area contributed by atoms with Crippen molar-refractivity contribution in [3.05, 3.63) is 60.3 Å². The SMILES string of the molecule is C/C=C\N(C(=O)c1nnc[nH]1)[C@H](C)CCc1nc2c(-c3ccc(C4(O)COC4)nc3)cnn2c(N)c1S(C)(=O)=O. The number of rotatable bonds is 9. The Labute approximate surface area is 229 Å². The van der Waals surface area contributed by atoms with E-state index in [9.17, 15) is 18.3 Å². The molecule has 15 heteroatoms. The van der Waals surface area contributed by atoms with Crippen molar-refractivity contribution in [2.45, 2.75) is 43.2 Å². The molecule has 5 rings (SSSR count). The van der Waals surface area contributed by atoms with E-state index in [1.165, 1.54) is 15.7 Å². The number of allylic oxidation sites excluding steroid dienone is 1. The molecular weight excluding hydrogens is 538 g/mol. The molecule has 1 atom stereocenters. The number of aliphatic hydroxyl groups is 1. The summed E-state index contributed by atoms with van der Waals surface area (Å²) in [6, 6.07) is 3.14. The van der Waals surface area contributed by atoms with Crippen molar-refractivity contribution < 1.29 is 23.1 Å². The van der Waals surface area contributed by atoms with Crippen LogP contribution in [0, 0.1) is 0 Å². The molecule has 5 heterocycles. The van der Waals surface area contributed by atoms with Crippen molar-refractivity contribution in [1.82, 2.24) is 39.7 Å². The normalized spacial score (nSPS) is 15.8. The average molecular weight is 568 g/mol. The number of pyridine rings is 1. The number of nitrogen functional groups attached to an aromatic ring is 1. The van der Waals surface area contributed by atoms with Crippen molar-refractivity contribution in [1.29, 1.82) is 0 Å². The lowest BCUT2D eigenvalue weighted by Gasteiger charge is -2.35. The molecule has 4 N–H and O–H groups in total. The summed E-state index contributed by atoms with van der Waals surface area (Å²) in [6.45, 7) is 3.99. The number of anilines is 1. The Morgan fingerprint density at radius 3 is 2.70 bits per heavy atom. The van der Waals surface area contributed by atoms with Gasteiger partial charge in [-0.1, -0.05) is 12.1 Å². The molecule has 0 bridgehead atoms. The molecule has 0 radical (unpaired) electrons. The lowest BCUT2D eigenvalue weighted by molar-refractivity contribution is -0.186. The van der Waals surface area contributed by atoms with Gasteiger partial charge in [-0.05, 0) is 32.8 Å². The number of aromatic amines is 1. The zero-order valence-corrected chi connectivity index (χ0v) is 23.0. The summed E-state index contributed by atoms with van der Waals surface area (Å²) in [7, 11) is -3.78. The highest BCUT2D eigenvalue weighted by atomic mass is 32.2. The first-order chi connectivity index (χ1) is 19.0. The van der Waals surface area contributed by atoms with Crippen molar-refractivity contribution in [2.75, 3.05) is 25.2 Å². The molecule has 4 aromatic rings. The van der Waals surface area contributed by atoms with E-state index in [1.807, 2.05) is 6.92 Å². The van der Waals surface area contributed by atoms with Crippen LogP contribution in [0.1, 0.15) is 42.3 Å². The van der Waals surface area contributed by atoms with Gasteiger partial charge in [-0.15, -0.1) is 10.2 Å². The summed E-state index contributed by atoms with van der Waals surface area (Å²) in [5.74, 6) is -0.345. The molecule has 1 amide bonds. The number of ether oxygens (including phenoxy) is 1. The van der Waals surface area contributed by atoms with Crippen LogP contribution in [0.25, 0.3) is 16.8 Å². The summed E-state index contributed by atoms with van der Waals surface area (Å²) in [5.41, 5.74) is 7.62. The molecule has 210 valence electrons. The van der Waals surface area contributed by atoms with Crippen LogP contribution in [-0.4, -0.2) is 84.6 Å². The van der Waals surface area contributed by atoms with Gasteiger partial charge in [0.05, 0.1) is 30.8 Å². The molecule has 1 fully saturated rings. The fraction of sp³-hybridized carbons (Fsp3) is 0.360. The van der Waals surface area contributed by atoms with E-state index in [0.29, 0.717) is 28.9 Å². The van der Waals surface area contributed by atoms with Crippen LogP contribution in [0.15, 0.2) is 48.0 Å². The zero-order chi connectivity index (χ0) is 28.7. The third kappa shape index (κ3) is 4.94. The molecule has 4 aromatic heterocycles. The molecule has 1 saturated heterocycles. The Kier molecular flexibility index (Phi) is 7.12. The van der Waals surface area contributed by atoms with Crippen LogP contribution in [0.5, 0.6) is 0 Å². The number of hydrogen-bond acceptors (Lipinski definition) is 11. The number of H-pyrrole nitrogens is 1. The summed E-state index contributed by atoms with van der Waals surface area (Å²) in [4.78, 5) is 26.1. The van der Waals surface area contributed by atoms with Crippen molar-refractivity contribution in [2.24, 2.45) is 0 Å². The number of nitrogens with one attached hydrogen (secondary N) is 1. The summed E-state index contributed by atoms with van der Waals surface area (Å²) in [6.07, 6.45) is 9.46. The van der Waals surface area contributed by atoms with Gasteiger partial charge in [0.2, 0.25) is 5.82 Å². The second kappa shape index (κ2) is 10.4. The van der Waals surface area contributed by atoms with Crippen LogP contribution in [0.4, 0.5) is 5.82 Å². The van der Waals surface area contributed by atoms with Crippen molar-refractivity contribution >= 4 is 27.2 Å². The lowest BCUT2D eigenvalue weighted by atomic mass is 9.96. The molecule has 1 aliphatic rings. The maximum atomic E-state index is 12.9. The number of nitrogens with zero attached hydrogens (tertiary/aromatic N) is 7. The minimum absolute atomic E-state index is 0.0602. The van der Waals surface area contributed by atoms with Gasteiger partial charge in [0.15, 0.2) is 21.1 Å². The highest BCUT2D eigenvalue weighted by Crippen LogP contribution is 2.32. The number of sulfone groups is 1. The predicted octanol–water partition coefficient (Wildman–Crippen LogP) is 1.11. The maximum Gasteiger partial charge on any atom is 0.295 e. The van der Waals surface area contributed by atoms with Gasteiger partial charge in [-0.2, -0.15) is 9.61 Å². The number of carbonyl (C=O) groups excluding carboxylic acids is 1. The molecule has 0 spiro atoms. The number of carbonyl (C=O) groups is 1. The third-order valence-electron chi connectivity index (χ3n) is 6.75. The number of nitrogens with two attached hydrogens (primary N) is 1. The third-order valence-corrected chi connectivity index (χ3v) is 7.93. The van der Waals surface area contributed by atoms with Gasteiger partial charge in [-0.25, -0.2) is 13.4 Å². The Hall–Kier alpha value is -4.21. The first-order valence-corrected chi connectivity index (χ1v) is 14.4. The number of hydrogen-bond donors (Lipinski definition) is 3. The fourth-order valence-corrected chi connectivity index (χ4v) is 5.63. The fourth-order valence-electron chi connectivity index (χ4n) is 4.59. The number of aryl methyl sites for hydroxylation is 1. The summed E-state index contributed by atoms with van der Waals surface area (Å²) >= 11 is 0. The average Bonchev–Trinajstić information content (AvgIpc) is 3.59. The van der Waals surface area contributed by atoms with E-state index in [-0.39, 0.29) is 53.8 Å². The van der Waals surface area contributed by atoms with E-state index < -0.39 is 15.4 Å². The number of aromatic nitrogens is 7. The molecule has 0 aliphatic carbocycles. The molecule has 0 aromatic carbocycles. The standard InChI is InChI=1S/C25H29N9O5S/c1-4-9-33(24(35)22-28-14-29-32-22)15(2)5-7-18-20(40(3,37)38)21(26)34-23(31-18)17(11-30-34)16-6-8-19(27-10-16)25(36)12-39-13-25/h4,6,8-11,14-15,36H,5,7,12-13,26H2,1-3H3,(H,28,29,32)/b9-4-/t15-/m1/s1. The first-order valence-electron chi connectivity index (χ1n) is 12.5. The van der Waals surface area contributed by atoms with Crippen LogP contribution >= 0.6 is 0 Å². The van der Waals surface area contributed by atoms with Gasteiger partial charge in [0, 0.05) is 35.8 Å². The Morgan fingerprint density at radius 2 is 2.12 bits per heavy atom. The van der Waals surface area contributed by atoms with E-state index in [4.69, 9.17) is 15.5 Å². The Balaban J connectivity index is 1.49. The highest BCUT2D eigenvalue weighted by Gasteiger charge is 2.39. The van der Waals surface area contributed by atoms with Crippen LogP contribution in [-0.2, 0) is 26.6 Å². The minimum atomic E-state index is -3.78. The minimum Gasteiger partial charge on any atom is -0.382 e. The Bertz CT molecular complexity index is 1680. The van der Waals surface area contributed by atoms with Gasteiger partial charge < -0.3 is 25.5 Å². The lowest BCUT2D eigenvalue weighted by Crippen LogP contribution is -2.47. The van der Waals surface area contributed by atoms with Crippen LogP contribution in [0.3, 0.4) is 0 Å². The van der Waals surface area contributed by atoms with Crippen LogP contribution in [0.2, 0.25) is 0 Å². The second-order valence-electron chi connectivity index (χ2n) is 9.72. The van der Waals surface area contributed by atoms with Crippen LogP contribution < -0.4 is 5.73 Å². The van der Waals surface area contributed by atoms with Crippen molar-refractivity contribution in [3.8, 4) is 11.1 Å². The molecule has 40 heavy (non-hydrogen) atoms. The Morgan fingerprint density at radius 1 is 1.35 bits per heavy atom. The van der Waals surface area contributed by atoms with Gasteiger partial charge >= 0.3 is 0 Å². The molecule has 1 aliphatic heterocycles.